The third kappa shape index (κ3) is 1.57. The Morgan fingerprint density at radius 1 is 1.15 bits per heavy atom. The molecule has 0 aliphatic carbocycles. The number of thioether (sulfide) groups is 1. The highest BCUT2D eigenvalue weighted by Crippen LogP contribution is 2.43. The topological polar surface area (TPSA) is 30.7 Å². The molecule has 1 aromatic carbocycles. The Morgan fingerprint density at radius 2 is 1.95 bits per heavy atom. The zero-order chi connectivity index (χ0) is 13.7. The molecule has 0 saturated heterocycles. The van der Waals surface area contributed by atoms with Crippen LogP contribution in [-0.2, 0) is 5.75 Å². The Kier molecular flexibility index (Phi) is 2.53. The van der Waals surface area contributed by atoms with E-state index < -0.39 is 17.0 Å². The van der Waals surface area contributed by atoms with Crippen molar-refractivity contribution in [1.82, 2.24) is 14.5 Å². The first-order valence-electron chi connectivity index (χ1n) is 6.13. The third-order valence-corrected chi connectivity index (χ3v) is 4.58. The number of nitrogens with zero attached hydrogens (tertiary/aromatic N) is 3. The van der Waals surface area contributed by atoms with E-state index in [9.17, 15) is 8.78 Å². The van der Waals surface area contributed by atoms with Gasteiger partial charge in [0, 0.05) is 6.20 Å². The molecule has 1 atom stereocenters. The van der Waals surface area contributed by atoms with E-state index in [2.05, 4.69) is 9.97 Å². The minimum Gasteiger partial charge on any atom is -0.309 e. The van der Waals surface area contributed by atoms with Gasteiger partial charge in [0.25, 0.3) is 0 Å². The van der Waals surface area contributed by atoms with E-state index in [0.717, 1.165) is 11.3 Å². The van der Waals surface area contributed by atoms with Gasteiger partial charge in [-0.1, -0.05) is 6.07 Å². The van der Waals surface area contributed by atoms with Gasteiger partial charge in [0.1, 0.15) is 22.8 Å². The average molecular weight is 289 g/mol. The van der Waals surface area contributed by atoms with Gasteiger partial charge in [-0.3, -0.25) is 0 Å². The Morgan fingerprint density at radius 3 is 2.75 bits per heavy atom. The first-order chi connectivity index (χ1) is 9.75. The maximum absolute atomic E-state index is 14.0. The van der Waals surface area contributed by atoms with E-state index in [-0.39, 0.29) is 5.56 Å². The highest BCUT2D eigenvalue weighted by molar-refractivity contribution is 7.99. The predicted molar refractivity (Wildman–Crippen MR) is 73.3 cm³/mol. The largest absolute Gasteiger partial charge is 0.309 e. The summed E-state index contributed by atoms with van der Waals surface area (Å²) in [6.07, 6.45) is 1.66. The molecule has 3 aromatic rings. The van der Waals surface area contributed by atoms with E-state index in [0.29, 0.717) is 11.4 Å². The van der Waals surface area contributed by atoms with Crippen molar-refractivity contribution in [2.75, 3.05) is 0 Å². The number of hydrogen-bond acceptors (Lipinski definition) is 3. The van der Waals surface area contributed by atoms with Gasteiger partial charge in [-0.15, -0.1) is 11.8 Å². The molecule has 4 rings (SSSR count). The molecule has 0 fully saturated rings. The van der Waals surface area contributed by atoms with Crippen molar-refractivity contribution in [1.29, 1.82) is 0 Å². The second-order valence-electron chi connectivity index (χ2n) is 4.54. The van der Waals surface area contributed by atoms with Crippen LogP contribution < -0.4 is 0 Å². The fourth-order valence-corrected chi connectivity index (χ4v) is 3.82. The standard InChI is InChI=1S/C14H9F2N3S/c15-8-3-1-4-9(16)12(8)14-19-10-5-2-6-17-13(10)18-11(19)7-20-14/h1-6,14H,7H2. The summed E-state index contributed by atoms with van der Waals surface area (Å²) in [5, 5.41) is -0.430. The second kappa shape index (κ2) is 4.28. The van der Waals surface area contributed by atoms with E-state index in [1.54, 1.807) is 12.3 Å². The Balaban J connectivity index is 1.97. The molecular formula is C14H9F2N3S. The number of hydrogen-bond donors (Lipinski definition) is 0. The molecule has 0 N–H and O–H groups in total. The van der Waals surface area contributed by atoms with Crippen molar-refractivity contribution in [3.05, 3.63) is 59.6 Å². The van der Waals surface area contributed by atoms with Crippen molar-refractivity contribution >= 4 is 22.9 Å². The van der Waals surface area contributed by atoms with Crippen LogP contribution in [0.15, 0.2) is 36.5 Å². The quantitative estimate of drug-likeness (QED) is 0.687. The normalized spacial score (nSPS) is 17.6. The number of rotatable bonds is 1. The minimum absolute atomic E-state index is 0.0828. The molecule has 1 aliphatic heterocycles. The van der Waals surface area contributed by atoms with Crippen LogP contribution in [-0.4, -0.2) is 14.5 Å². The highest BCUT2D eigenvalue weighted by atomic mass is 32.2. The molecule has 0 amide bonds. The molecule has 6 heteroatoms. The summed E-state index contributed by atoms with van der Waals surface area (Å²) in [6.45, 7) is 0. The maximum Gasteiger partial charge on any atom is 0.177 e. The Hall–Kier alpha value is -1.95. The van der Waals surface area contributed by atoms with Gasteiger partial charge in [-0.05, 0) is 24.3 Å². The molecule has 2 aromatic heterocycles. The van der Waals surface area contributed by atoms with Crippen LogP contribution in [0.5, 0.6) is 0 Å². The maximum atomic E-state index is 14.0. The number of benzene rings is 1. The van der Waals surface area contributed by atoms with Crippen LogP contribution in [0.25, 0.3) is 11.2 Å². The molecule has 100 valence electrons. The van der Waals surface area contributed by atoms with Crippen molar-refractivity contribution < 1.29 is 8.78 Å². The molecule has 3 heterocycles. The van der Waals surface area contributed by atoms with Gasteiger partial charge < -0.3 is 4.57 Å². The summed E-state index contributed by atoms with van der Waals surface area (Å²) in [5.41, 5.74) is 1.50. The summed E-state index contributed by atoms with van der Waals surface area (Å²) in [7, 11) is 0. The Bertz CT molecular complexity index is 795. The van der Waals surface area contributed by atoms with Crippen LogP contribution in [0.2, 0.25) is 0 Å². The van der Waals surface area contributed by atoms with E-state index in [1.807, 2.05) is 10.6 Å². The molecule has 0 radical (unpaired) electrons. The first kappa shape index (κ1) is 11.8. The van der Waals surface area contributed by atoms with Crippen molar-refractivity contribution in [3.8, 4) is 0 Å². The summed E-state index contributed by atoms with van der Waals surface area (Å²) in [4.78, 5) is 8.60. The number of halogens is 2. The lowest BCUT2D eigenvalue weighted by Crippen LogP contribution is -2.08. The number of imidazole rings is 1. The molecule has 0 spiro atoms. The summed E-state index contributed by atoms with van der Waals surface area (Å²) in [5.74, 6) is 0.368. The lowest BCUT2D eigenvalue weighted by molar-refractivity contribution is 0.544. The van der Waals surface area contributed by atoms with Gasteiger partial charge in [0.05, 0.1) is 16.8 Å². The van der Waals surface area contributed by atoms with Crippen LogP contribution in [0, 0.1) is 11.6 Å². The molecular weight excluding hydrogens is 280 g/mol. The molecule has 20 heavy (non-hydrogen) atoms. The van der Waals surface area contributed by atoms with E-state index >= 15 is 0 Å². The zero-order valence-corrected chi connectivity index (χ0v) is 11.1. The summed E-state index contributed by atoms with van der Waals surface area (Å²) in [6, 6.07) is 7.62. The van der Waals surface area contributed by atoms with Gasteiger partial charge in [0.2, 0.25) is 0 Å². The monoisotopic (exact) mass is 289 g/mol. The fourth-order valence-electron chi connectivity index (χ4n) is 2.53. The van der Waals surface area contributed by atoms with Gasteiger partial charge in [-0.2, -0.15) is 0 Å². The fraction of sp³-hybridized carbons (Fsp3) is 0.143. The van der Waals surface area contributed by atoms with Gasteiger partial charge >= 0.3 is 0 Å². The number of aromatic nitrogens is 3. The molecule has 1 unspecified atom stereocenters. The van der Waals surface area contributed by atoms with Crippen molar-refractivity contribution in [2.45, 2.75) is 11.1 Å². The first-order valence-corrected chi connectivity index (χ1v) is 7.18. The molecule has 3 nitrogen and oxygen atoms in total. The van der Waals surface area contributed by atoms with E-state index in [1.165, 1.54) is 30.0 Å². The minimum atomic E-state index is -0.527. The van der Waals surface area contributed by atoms with E-state index in [4.69, 9.17) is 0 Å². The van der Waals surface area contributed by atoms with Crippen molar-refractivity contribution in [3.63, 3.8) is 0 Å². The Labute approximate surface area is 117 Å². The van der Waals surface area contributed by atoms with Gasteiger partial charge in [0.15, 0.2) is 5.65 Å². The lowest BCUT2D eigenvalue weighted by atomic mass is 10.2. The number of pyridine rings is 1. The second-order valence-corrected chi connectivity index (χ2v) is 5.61. The molecule has 0 saturated carbocycles. The predicted octanol–water partition coefficient (Wildman–Crippen LogP) is 3.50. The summed E-state index contributed by atoms with van der Waals surface area (Å²) >= 11 is 1.47. The molecule has 0 bridgehead atoms. The lowest BCUT2D eigenvalue weighted by Gasteiger charge is -2.15. The van der Waals surface area contributed by atoms with Crippen LogP contribution in [0.1, 0.15) is 16.8 Å². The molecule has 1 aliphatic rings. The van der Waals surface area contributed by atoms with Gasteiger partial charge in [-0.25, -0.2) is 18.7 Å². The van der Waals surface area contributed by atoms with Crippen LogP contribution in [0.4, 0.5) is 8.78 Å². The average Bonchev–Trinajstić information content (AvgIpc) is 2.98. The SMILES string of the molecule is Fc1cccc(F)c1C1SCc2nc3ncccc3n21. The highest BCUT2D eigenvalue weighted by Gasteiger charge is 2.31. The zero-order valence-electron chi connectivity index (χ0n) is 10.3. The van der Waals surface area contributed by atoms with Crippen molar-refractivity contribution in [2.24, 2.45) is 0 Å². The number of fused-ring (bicyclic) bond motifs is 3. The van der Waals surface area contributed by atoms with Crippen LogP contribution >= 0.6 is 11.8 Å². The third-order valence-electron chi connectivity index (χ3n) is 3.39. The smallest absolute Gasteiger partial charge is 0.177 e. The summed E-state index contributed by atoms with van der Waals surface area (Å²) < 4.78 is 29.9. The van der Waals surface area contributed by atoms with Crippen LogP contribution in [0.3, 0.4) is 0 Å².